The standard InChI is InChI=1S/C11H18O4/c1-5-7-10(6-2)11(14-8(3)12)15-9(4)13/h7,11H,5-6H2,1-4H3. The highest BCUT2D eigenvalue weighted by Gasteiger charge is 2.18. The summed E-state index contributed by atoms with van der Waals surface area (Å²) in [5.74, 6) is -0.923. The van der Waals surface area contributed by atoms with Gasteiger partial charge in [0.25, 0.3) is 6.29 Å². The molecule has 0 aromatic rings. The van der Waals surface area contributed by atoms with Crippen LogP contribution in [0.4, 0.5) is 0 Å². The van der Waals surface area contributed by atoms with Crippen molar-refractivity contribution in [3.63, 3.8) is 0 Å². The van der Waals surface area contributed by atoms with Crippen molar-refractivity contribution < 1.29 is 19.1 Å². The molecule has 4 heteroatoms. The average Bonchev–Trinajstić information content (AvgIpc) is 2.11. The molecule has 0 N–H and O–H groups in total. The molecule has 0 heterocycles. The molecule has 0 rings (SSSR count). The number of allylic oxidation sites excluding steroid dienone is 1. The van der Waals surface area contributed by atoms with Gasteiger partial charge in [0.05, 0.1) is 0 Å². The van der Waals surface area contributed by atoms with Crippen LogP contribution in [0.3, 0.4) is 0 Å². The Morgan fingerprint density at radius 1 is 1.13 bits per heavy atom. The lowest BCUT2D eigenvalue weighted by Gasteiger charge is -2.18. The SMILES string of the molecule is CCC=C(CC)C(OC(C)=O)OC(C)=O. The first kappa shape index (κ1) is 13.7. The number of rotatable bonds is 5. The molecule has 0 aromatic heterocycles. The number of hydrogen-bond acceptors (Lipinski definition) is 4. The van der Waals surface area contributed by atoms with Gasteiger partial charge in [-0.1, -0.05) is 19.9 Å². The third-order valence-electron chi connectivity index (χ3n) is 1.72. The third kappa shape index (κ3) is 5.88. The van der Waals surface area contributed by atoms with Crippen LogP contribution in [0.2, 0.25) is 0 Å². The molecule has 0 aromatic carbocycles. The van der Waals surface area contributed by atoms with Gasteiger partial charge in [0.2, 0.25) is 0 Å². The summed E-state index contributed by atoms with van der Waals surface area (Å²) in [6, 6.07) is 0. The maximum absolute atomic E-state index is 10.8. The second kappa shape index (κ2) is 7.04. The zero-order valence-corrected chi connectivity index (χ0v) is 9.70. The number of carbonyl (C=O) groups is 2. The first-order chi connectivity index (χ1) is 7.01. The summed E-state index contributed by atoms with van der Waals surface area (Å²) < 4.78 is 9.83. The average molecular weight is 214 g/mol. The monoisotopic (exact) mass is 214 g/mol. The molecule has 86 valence electrons. The molecule has 0 atom stereocenters. The van der Waals surface area contributed by atoms with Crippen LogP contribution in [0.5, 0.6) is 0 Å². The predicted octanol–water partition coefficient (Wildman–Crippen LogP) is 2.19. The van der Waals surface area contributed by atoms with E-state index in [1.165, 1.54) is 13.8 Å². The van der Waals surface area contributed by atoms with E-state index in [-0.39, 0.29) is 0 Å². The maximum Gasteiger partial charge on any atom is 0.305 e. The highest BCUT2D eigenvalue weighted by Crippen LogP contribution is 2.14. The smallest absolute Gasteiger partial charge is 0.305 e. The molecule has 15 heavy (non-hydrogen) atoms. The van der Waals surface area contributed by atoms with Gasteiger partial charge in [0, 0.05) is 19.4 Å². The van der Waals surface area contributed by atoms with Crippen molar-refractivity contribution in [3.8, 4) is 0 Å². The topological polar surface area (TPSA) is 52.6 Å². The van der Waals surface area contributed by atoms with Crippen molar-refractivity contribution in [2.45, 2.75) is 46.8 Å². The van der Waals surface area contributed by atoms with Gasteiger partial charge in [0.1, 0.15) is 0 Å². The van der Waals surface area contributed by atoms with Crippen LogP contribution >= 0.6 is 0 Å². The normalized spacial score (nSPS) is 11.4. The summed E-state index contributed by atoms with van der Waals surface area (Å²) in [4.78, 5) is 21.6. The Balaban J connectivity index is 4.64. The predicted molar refractivity (Wildman–Crippen MR) is 56.0 cm³/mol. The van der Waals surface area contributed by atoms with E-state index in [2.05, 4.69) is 0 Å². The highest BCUT2D eigenvalue weighted by molar-refractivity contribution is 5.68. The molecule has 0 aliphatic carbocycles. The van der Waals surface area contributed by atoms with Gasteiger partial charge in [-0.25, -0.2) is 0 Å². The summed E-state index contributed by atoms with van der Waals surface area (Å²) in [5.41, 5.74) is 0.808. The third-order valence-corrected chi connectivity index (χ3v) is 1.72. The quantitative estimate of drug-likeness (QED) is 0.400. The highest BCUT2D eigenvalue weighted by atomic mass is 16.7. The molecule has 0 saturated heterocycles. The van der Waals surface area contributed by atoms with Crippen LogP contribution in [-0.4, -0.2) is 18.2 Å². The fraction of sp³-hybridized carbons (Fsp3) is 0.636. The Kier molecular flexibility index (Phi) is 6.42. The Bertz CT molecular complexity index is 239. The molecular formula is C11H18O4. The van der Waals surface area contributed by atoms with Crippen molar-refractivity contribution in [3.05, 3.63) is 11.6 Å². The fourth-order valence-electron chi connectivity index (χ4n) is 1.15. The van der Waals surface area contributed by atoms with Gasteiger partial charge in [-0.2, -0.15) is 0 Å². The van der Waals surface area contributed by atoms with Crippen molar-refractivity contribution in [1.82, 2.24) is 0 Å². The molecule has 0 bridgehead atoms. The van der Waals surface area contributed by atoms with E-state index in [1.807, 2.05) is 19.9 Å². The van der Waals surface area contributed by atoms with Gasteiger partial charge in [-0.05, 0) is 12.8 Å². The molecule has 4 nitrogen and oxygen atoms in total. The lowest BCUT2D eigenvalue weighted by molar-refractivity contribution is -0.178. The van der Waals surface area contributed by atoms with Crippen LogP contribution in [0.25, 0.3) is 0 Å². The first-order valence-electron chi connectivity index (χ1n) is 5.04. The van der Waals surface area contributed by atoms with Gasteiger partial charge >= 0.3 is 11.9 Å². The van der Waals surface area contributed by atoms with E-state index in [1.54, 1.807) is 0 Å². The largest absolute Gasteiger partial charge is 0.421 e. The van der Waals surface area contributed by atoms with E-state index in [4.69, 9.17) is 9.47 Å². The minimum Gasteiger partial charge on any atom is -0.421 e. The van der Waals surface area contributed by atoms with Crippen LogP contribution < -0.4 is 0 Å². The van der Waals surface area contributed by atoms with Crippen LogP contribution in [0.15, 0.2) is 11.6 Å². The maximum atomic E-state index is 10.8. The number of hydrogen-bond donors (Lipinski definition) is 0. The van der Waals surface area contributed by atoms with E-state index in [0.29, 0.717) is 6.42 Å². The zero-order chi connectivity index (χ0) is 11.8. The fourth-order valence-corrected chi connectivity index (χ4v) is 1.15. The Hall–Kier alpha value is -1.32. The van der Waals surface area contributed by atoms with Crippen molar-refractivity contribution >= 4 is 11.9 Å². The van der Waals surface area contributed by atoms with Gasteiger partial charge < -0.3 is 9.47 Å². The molecule has 0 saturated carbocycles. The Morgan fingerprint density at radius 3 is 1.87 bits per heavy atom. The van der Waals surface area contributed by atoms with Gasteiger partial charge in [-0.3, -0.25) is 9.59 Å². The molecule has 0 amide bonds. The molecule has 0 aliphatic heterocycles. The number of esters is 2. The van der Waals surface area contributed by atoms with Gasteiger partial charge in [-0.15, -0.1) is 0 Å². The van der Waals surface area contributed by atoms with E-state index in [0.717, 1.165) is 12.0 Å². The van der Waals surface area contributed by atoms with E-state index >= 15 is 0 Å². The summed E-state index contributed by atoms with van der Waals surface area (Å²) in [6.45, 7) is 6.46. The van der Waals surface area contributed by atoms with Crippen LogP contribution in [0, 0.1) is 0 Å². The molecular weight excluding hydrogens is 196 g/mol. The molecule has 0 spiro atoms. The molecule has 0 aliphatic rings. The van der Waals surface area contributed by atoms with E-state index in [9.17, 15) is 9.59 Å². The van der Waals surface area contributed by atoms with Crippen LogP contribution in [-0.2, 0) is 19.1 Å². The second-order valence-electron chi connectivity index (χ2n) is 3.09. The molecule has 0 fully saturated rings. The molecule has 0 radical (unpaired) electrons. The second-order valence-corrected chi connectivity index (χ2v) is 3.09. The Morgan fingerprint density at radius 2 is 1.60 bits per heavy atom. The van der Waals surface area contributed by atoms with Crippen molar-refractivity contribution in [2.75, 3.05) is 0 Å². The van der Waals surface area contributed by atoms with E-state index < -0.39 is 18.2 Å². The minimum atomic E-state index is -0.870. The van der Waals surface area contributed by atoms with Crippen molar-refractivity contribution in [1.29, 1.82) is 0 Å². The lowest BCUT2D eigenvalue weighted by atomic mass is 10.1. The van der Waals surface area contributed by atoms with Crippen molar-refractivity contribution in [2.24, 2.45) is 0 Å². The number of ether oxygens (including phenoxy) is 2. The zero-order valence-electron chi connectivity index (χ0n) is 9.70. The lowest BCUT2D eigenvalue weighted by Crippen LogP contribution is -2.24. The summed E-state index contributed by atoms with van der Waals surface area (Å²) in [7, 11) is 0. The molecule has 0 unspecified atom stereocenters. The van der Waals surface area contributed by atoms with Gasteiger partial charge in [0.15, 0.2) is 0 Å². The summed E-state index contributed by atoms with van der Waals surface area (Å²) in [6.07, 6.45) is 2.52. The van der Waals surface area contributed by atoms with Crippen LogP contribution in [0.1, 0.15) is 40.5 Å². The minimum absolute atomic E-state index is 0.461. The number of carbonyl (C=O) groups excluding carboxylic acids is 2. The summed E-state index contributed by atoms with van der Waals surface area (Å²) in [5, 5.41) is 0. The Labute approximate surface area is 90.2 Å². The first-order valence-corrected chi connectivity index (χ1v) is 5.04. The summed E-state index contributed by atoms with van der Waals surface area (Å²) >= 11 is 0.